The van der Waals surface area contributed by atoms with Crippen molar-refractivity contribution in [2.24, 2.45) is 0 Å². The number of hydrogen-bond donors (Lipinski definition) is 1. The van der Waals surface area contributed by atoms with Crippen molar-refractivity contribution >= 4 is 17.5 Å². The fraction of sp³-hybridized carbons (Fsp3) is 0.235. The van der Waals surface area contributed by atoms with E-state index in [9.17, 15) is 4.79 Å². The molecule has 0 aliphatic heterocycles. The second-order valence-corrected chi connectivity index (χ2v) is 5.36. The summed E-state index contributed by atoms with van der Waals surface area (Å²) < 4.78 is 0. The molecule has 0 unspecified atom stereocenters. The van der Waals surface area contributed by atoms with Crippen LogP contribution in [0.5, 0.6) is 0 Å². The first-order valence-corrected chi connectivity index (χ1v) is 7.43. The summed E-state index contributed by atoms with van der Waals surface area (Å²) in [6.07, 6.45) is 6.99. The molecule has 114 valence electrons. The maximum Gasteiger partial charge on any atom is 0.251 e. The quantitative estimate of drug-likeness (QED) is 0.656. The van der Waals surface area contributed by atoms with Crippen molar-refractivity contribution in [3.8, 4) is 0 Å². The second kappa shape index (κ2) is 7.71. The Kier molecular flexibility index (Phi) is 5.67. The number of rotatable bonds is 6. The predicted molar refractivity (Wildman–Crippen MR) is 87.9 cm³/mol. The number of carbonyl (C=O) groups is 1. The van der Waals surface area contributed by atoms with Crippen LogP contribution < -0.4 is 5.32 Å². The summed E-state index contributed by atoms with van der Waals surface area (Å²) in [5.41, 5.74) is 3.66. The Balaban J connectivity index is 2.07. The number of nitrogens with one attached hydrogen (secondary N) is 1. The van der Waals surface area contributed by atoms with Gasteiger partial charge in [0.15, 0.2) is 0 Å². The first kappa shape index (κ1) is 16.2. The van der Waals surface area contributed by atoms with E-state index >= 15 is 0 Å². The lowest BCUT2D eigenvalue weighted by Crippen LogP contribution is -2.23. The first-order valence-electron chi connectivity index (χ1n) is 7.05. The maximum atomic E-state index is 12.1. The minimum Gasteiger partial charge on any atom is -0.348 e. The van der Waals surface area contributed by atoms with Crippen LogP contribution in [0.15, 0.2) is 43.2 Å². The van der Waals surface area contributed by atoms with Crippen molar-refractivity contribution in [1.82, 2.24) is 15.3 Å². The number of amides is 1. The number of nitrogens with zero attached hydrogens (tertiary/aromatic N) is 2. The standard InChI is InChI=1S/C17H18ClN3O/c1-3-4-5-13-8-12(2)20-10-15(13)11-21-17(22)14-6-7-19-16(18)9-14/h3,6-10H,1,4-5,11H2,2H3,(H,21,22). The van der Waals surface area contributed by atoms with Gasteiger partial charge in [-0.05, 0) is 49.1 Å². The monoisotopic (exact) mass is 315 g/mol. The van der Waals surface area contributed by atoms with Gasteiger partial charge in [-0.2, -0.15) is 0 Å². The molecule has 0 aliphatic rings. The molecular weight excluding hydrogens is 298 g/mol. The Hall–Kier alpha value is -2.20. The Labute approximate surface area is 135 Å². The van der Waals surface area contributed by atoms with E-state index in [4.69, 9.17) is 11.6 Å². The molecule has 2 aromatic heterocycles. The van der Waals surface area contributed by atoms with E-state index in [0.29, 0.717) is 17.3 Å². The highest BCUT2D eigenvalue weighted by Crippen LogP contribution is 2.13. The molecule has 0 radical (unpaired) electrons. The van der Waals surface area contributed by atoms with Crippen molar-refractivity contribution in [3.63, 3.8) is 0 Å². The third kappa shape index (κ3) is 4.40. The number of halogens is 1. The van der Waals surface area contributed by atoms with Crippen LogP contribution in [0, 0.1) is 6.92 Å². The summed E-state index contributed by atoms with van der Waals surface area (Å²) in [7, 11) is 0. The fourth-order valence-corrected chi connectivity index (χ4v) is 2.29. The number of aryl methyl sites for hydroxylation is 2. The smallest absolute Gasteiger partial charge is 0.251 e. The van der Waals surface area contributed by atoms with Gasteiger partial charge in [0.1, 0.15) is 5.15 Å². The Morgan fingerprint density at radius 2 is 2.18 bits per heavy atom. The molecule has 0 bridgehead atoms. The molecule has 22 heavy (non-hydrogen) atoms. The van der Waals surface area contributed by atoms with Gasteiger partial charge in [-0.3, -0.25) is 9.78 Å². The van der Waals surface area contributed by atoms with E-state index in [0.717, 1.165) is 24.1 Å². The summed E-state index contributed by atoms with van der Waals surface area (Å²) in [4.78, 5) is 20.3. The molecule has 2 aromatic rings. The number of pyridine rings is 2. The normalized spacial score (nSPS) is 10.3. The summed E-state index contributed by atoms with van der Waals surface area (Å²) in [6.45, 7) is 6.13. The van der Waals surface area contributed by atoms with Gasteiger partial charge in [-0.1, -0.05) is 17.7 Å². The van der Waals surface area contributed by atoms with Crippen molar-refractivity contribution in [2.45, 2.75) is 26.3 Å². The fourth-order valence-electron chi connectivity index (χ4n) is 2.12. The van der Waals surface area contributed by atoms with Gasteiger partial charge < -0.3 is 5.32 Å². The Bertz CT molecular complexity index is 685. The molecule has 0 spiro atoms. The van der Waals surface area contributed by atoms with Crippen LogP contribution in [-0.2, 0) is 13.0 Å². The molecule has 2 heterocycles. The van der Waals surface area contributed by atoms with Gasteiger partial charge in [0.05, 0.1) is 0 Å². The summed E-state index contributed by atoms with van der Waals surface area (Å²) >= 11 is 5.80. The third-order valence-electron chi connectivity index (χ3n) is 3.27. The molecule has 0 aromatic carbocycles. The zero-order valence-corrected chi connectivity index (χ0v) is 13.2. The van der Waals surface area contributed by atoms with Crippen molar-refractivity contribution in [2.75, 3.05) is 0 Å². The number of carbonyl (C=O) groups excluding carboxylic acids is 1. The zero-order valence-electron chi connectivity index (χ0n) is 12.5. The lowest BCUT2D eigenvalue weighted by molar-refractivity contribution is 0.0950. The number of aromatic nitrogens is 2. The highest BCUT2D eigenvalue weighted by Gasteiger charge is 2.08. The highest BCUT2D eigenvalue weighted by molar-refractivity contribution is 6.29. The maximum absolute atomic E-state index is 12.1. The summed E-state index contributed by atoms with van der Waals surface area (Å²) in [6, 6.07) is 5.23. The molecule has 5 heteroatoms. The van der Waals surface area contributed by atoms with Crippen LogP contribution in [0.4, 0.5) is 0 Å². The molecule has 4 nitrogen and oxygen atoms in total. The highest BCUT2D eigenvalue weighted by atomic mass is 35.5. The van der Waals surface area contributed by atoms with Crippen LogP contribution >= 0.6 is 11.6 Å². The molecule has 0 aliphatic carbocycles. The van der Waals surface area contributed by atoms with Crippen molar-refractivity contribution in [3.05, 3.63) is 70.8 Å². The topological polar surface area (TPSA) is 54.9 Å². The average Bonchev–Trinajstić information content (AvgIpc) is 2.51. The van der Waals surface area contributed by atoms with Gasteiger partial charge in [-0.25, -0.2) is 4.98 Å². The van der Waals surface area contributed by atoms with Crippen LogP contribution in [0.2, 0.25) is 5.15 Å². The Morgan fingerprint density at radius 3 is 2.91 bits per heavy atom. The lowest BCUT2D eigenvalue weighted by atomic mass is 10.0. The predicted octanol–water partition coefficient (Wildman–Crippen LogP) is 3.49. The van der Waals surface area contributed by atoms with Crippen molar-refractivity contribution in [1.29, 1.82) is 0 Å². The minimum atomic E-state index is -0.181. The van der Waals surface area contributed by atoms with Crippen LogP contribution in [0.3, 0.4) is 0 Å². The molecule has 0 saturated heterocycles. The van der Waals surface area contributed by atoms with E-state index in [1.165, 1.54) is 11.8 Å². The first-order chi connectivity index (χ1) is 10.6. The second-order valence-electron chi connectivity index (χ2n) is 4.97. The van der Waals surface area contributed by atoms with E-state index in [1.54, 1.807) is 12.1 Å². The summed E-state index contributed by atoms with van der Waals surface area (Å²) in [5, 5.41) is 3.19. The lowest BCUT2D eigenvalue weighted by Gasteiger charge is -2.11. The van der Waals surface area contributed by atoms with E-state index in [-0.39, 0.29) is 5.91 Å². The van der Waals surface area contributed by atoms with E-state index in [2.05, 4.69) is 21.9 Å². The van der Waals surface area contributed by atoms with Crippen LogP contribution in [-0.4, -0.2) is 15.9 Å². The van der Waals surface area contributed by atoms with Crippen molar-refractivity contribution < 1.29 is 4.79 Å². The van der Waals surface area contributed by atoms with E-state index < -0.39 is 0 Å². The molecular formula is C17H18ClN3O. The average molecular weight is 316 g/mol. The van der Waals surface area contributed by atoms with Gasteiger partial charge >= 0.3 is 0 Å². The largest absolute Gasteiger partial charge is 0.348 e. The molecule has 1 N–H and O–H groups in total. The van der Waals surface area contributed by atoms with Gasteiger partial charge in [-0.15, -0.1) is 6.58 Å². The molecule has 0 atom stereocenters. The SMILES string of the molecule is C=CCCc1cc(C)ncc1CNC(=O)c1ccnc(Cl)c1. The van der Waals surface area contributed by atoms with Gasteiger partial charge in [0.25, 0.3) is 5.91 Å². The van der Waals surface area contributed by atoms with Crippen LogP contribution in [0.1, 0.15) is 33.6 Å². The summed E-state index contributed by atoms with van der Waals surface area (Å²) in [5.74, 6) is -0.181. The number of allylic oxidation sites excluding steroid dienone is 1. The van der Waals surface area contributed by atoms with Gasteiger partial charge in [0.2, 0.25) is 0 Å². The molecule has 0 saturated carbocycles. The molecule has 2 rings (SSSR count). The zero-order chi connectivity index (χ0) is 15.9. The third-order valence-corrected chi connectivity index (χ3v) is 3.47. The van der Waals surface area contributed by atoms with E-state index in [1.807, 2.05) is 25.3 Å². The van der Waals surface area contributed by atoms with Gasteiger partial charge in [0, 0.05) is 30.2 Å². The van der Waals surface area contributed by atoms with Crippen LogP contribution in [0.25, 0.3) is 0 Å². The minimum absolute atomic E-state index is 0.181. The Morgan fingerprint density at radius 1 is 1.36 bits per heavy atom. The molecule has 0 fully saturated rings. The molecule has 1 amide bonds. The number of hydrogen-bond acceptors (Lipinski definition) is 3.